The summed E-state index contributed by atoms with van der Waals surface area (Å²) < 4.78 is 39.9. The summed E-state index contributed by atoms with van der Waals surface area (Å²) in [6, 6.07) is 20.3. The predicted octanol–water partition coefficient (Wildman–Crippen LogP) is 7.29. The third-order valence-electron chi connectivity index (χ3n) is 4.80. The summed E-state index contributed by atoms with van der Waals surface area (Å²) in [5.74, 6) is 0.575. The third kappa shape index (κ3) is 11.3. The Bertz CT molecular complexity index is 1250. The maximum absolute atomic E-state index is 12.0. The number of amidine groups is 1. The summed E-state index contributed by atoms with van der Waals surface area (Å²) in [5, 5.41) is 10.3. The second-order valence-electron chi connectivity index (χ2n) is 8.50. The number of rotatable bonds is 8. The normalized spacial score (nSPS) is 11.6. The Kier molecular flexibility index (Phi) is 11.6. The van der Waals surface area contributed by atoms with Crippen LogP contribution >= 0.6 is 12.2 Å². The van der Waals surface area contributed by atoms with Crippen LogP contribution in [0, 0.1) is 11.3 Å². The van der Waals surface area contributed by atoms with Crippen molar-refractivity contribution in [2.45, 2.75) is 33.6 Å². The van der Waals surface area contributed by atoms with Gasteiger partial charge < -0.3 is 21.2 Å². The molecular formula is C28H30F3N5OS. The van der Waals surface area contributed by atoms with E-state index in [0.29, 0.717) is 17.2 Å². The molecule has 0 aliphatic rings. The quantitative estimate of drug-likeness (QED) is 0.158. The number of benzene rings is 3. The zero-order chi connectivity index (χ0) is 28.1. The third-order valence-corrected chi connectivity index (χ3v) is 4.91. The van der Waals surface area contributed by atoms with Crippen molar-refractivity contribution >= 4 is 47.0 Å². The molecule has 0 bridgehead atoms. The molecule has 200 valence electrons. The fourth-order valence-corrected chi connectivity index (χ4v) is 3.28. The molecule has 3 aromatic rings. The molecule has 0 amide bonds. The molecule has 3 aromatic carbocycles. The first-order valence-electron chi connectivity index (χ1n) is 11.6. The van der Waals surface area contributed by atoms with Crippen LogP contribution in [0.15, 0.2) is 82.8 Å². The molecule has 0 aromatic heterocycles. The van der Waals surface area contributed by atoms with Gasteiger partial charge in [0.15, 0.2) is 0 Å². The number of anilines is 1. The minimum Gasteiger partial charge on any atom is -0.406 e. The van der Waals surface area contributed by atoms with Gasteiger partial charge in [-0.1, -0.05) is 68.5 Å². The smallest absolute Gasteiger partial charge is 0.406 e. The first-order valence-corrected chi connectivity index (χ1v) is 12.1. The highest BCUT2D eigenvalue weighted by Gasteiger charge is 2.30. The Labute approximate surface area is 226 Å². The number of para-hydroxylation sites is 1. The first kappa shape index (κ1) is 30.2. The van der Waals surface area contributed by atoms with Gasteiger partial charge in [-0.15, -0.1) is 13.2 Å². The van der Waals surface area contributed by atoms with E-state index in [1.54, 1.807) is 24.3 Å². The van der Waals surface area contributed by atoms with Crippen molar-refractivity contribution in [1.82, 2.24) is 0 Å². The van der Waals surface area contributed by atoms with Crippen molar-refractivity contribution < 1.29 is 17.9 Å². The van der Waals surface area contributed by atoms with Gasteiger partial charge in [0.2, 0.25) is 0 Å². The molecule has 0 aliphatic heterocycles. The van der Waals surface area contributed by atoms with E-state index in [-0.39, 0.29) is 11.6 Å². The van der Waals surface area contributed by atoms with Crippen LogP contribution in [0.5, 0.6) is 5.75 Å². The Hall–Kier alpha value is -4.05. The molecule has 0 saturated heterocycles. The van der Waals surface area contributed by atoms with E-state index >= 15 is 0 Å². The van der Waals surface area contributed by atoms with Crippen molar-refractivity contribution in [2.75, 3.05) is 5.32 Å². The molecule has 0 radical (unpaired) electrons. The summed E-state index contributed by atoms with van der Waals surface area (Å²) in [5.41, 5.74) is 10.1. The molecule has 4 N–H and O–H groups in total. The van der Waals surface area contributed by atoms with Gasteiger partial charge in [0.1, 0.15) is 17.9 Å². The van der Waals surface area contributed by atoms with Crippen LogP contribution in [-0.2, 0) is 6.42 Å². The predicted molar refractivity (Wildman–Crippen MR) is 153 cm³/mol. The number of nitrogens with one attached hydrogen (secondary N) is 2. The summed E-state index contributed by atoms with van der Waals surface area (Å²) in [6.07, 6.45) is -1.22. The number of ether oxygens (including phenoxy) is 1. The number of hydrogen-bond donors (Lipinski definition) is 3. The van der Waals surface area contributed by atoms with Crippen molar-refractivity contribution in [3.05, 3.63) is 89.5 Å². The summed E-state index contributed by atoms with van der Waals surface area (Å²) in [6.45, 7) is 6.35. The highest BCUT2D eigenvalue weighted by Crippen LogP contribution is 2.24. The topological polar surface area (TPSA) is 95.9 Å². The maximum Gasteiger partial charge on any atom is 0.573 e. The van der Waals surface area contributed by atoms with Crippen LogP contribution in [0.4, 0.5) is 24.5 Å². The molecule has 0 saturated carbocycles. The largest absolute Gasteiger partial charge is 0.573 e. The lowest BCUT2D eigenvalue weighted by atomic mass is 10.0. The van der Waals surface area contributed by atoms with E-state index in [1.807, 2.05) is 13.0 Å². The van der Waals surface area contributed by atoms with E-state index in [2.05, 4.69) is 52.1 Å². The lowest BCUT2D eigenvalue weighted by Gasteiger charge is -2.12. The van der Waals surface area contributed by atoms with Crippen molar-refractivity contribution in [1.29, 1.82) is 5.41 Å². The van der Waals surface area contributed by atoms with Crippen LogP contribution in [0.25, 0.3) is 0 Å². The molecule has 3 rings (SSSR count). The van der Waals surface area contributed by atoms with Crippen LogP contribution < -0.4 is 15.8 Å². The van der Waals surface area contributed by atoms with Gasteiger partial charge in [0.05, 0.1) is 10.7 Å². The van der Waals surface area contributed by atoms with Crippen LogP contribution in [0.1, 0.15) is 37.5 Å². The number of alkyl halides is 3. The van der Waals surface area contributed by atoms with E-state index in [9.17, 15) is 13.2 Å². The van der Waals surface area contributed by atoms with E-state index < -0.39 is 6.36 Å². The molecule has 0 unspecified atom stereocenters. The van der Waals surface area contributed by atoms with E-state index in [0.717, 1.165) is 34.8 Å². The second-order valence-corrected chi connectivity index (χ2v) is 9.12. The van der Waals surface area contributed by atoms with Gasteiger partial charge in [-0.25, -0.2) is 9.98 Å². The minimum absolute atomic E-state index is 0.229. The SMILES string of the molecule is CC(=S)Nc1ccccc1CC(C)C.N=Cc1ccc(C(N)=NC=Nc2ccc(OC(F)(F)F)cc2)cc1. The summed E-state index contributed by atoms with van der Waals surface area (Å²) in [4.78, 5) is 8.76. The number of thiocarbonyl (C=S) groups is 1. The molecule has 10 heteroatoms. The average Bonchev–Trinajstić information content (AvgIpc) is 2.85. The highest BCUT2D eigenvalue weighted by atomic mass is 32.1. The zero-order valence-corrected chi connectivity index (χ0v) is 22.1. The molecule has 0 spiro atoms. The molecular weight excluding hydrogens is 511 g/mol. The molecule has 0 fully saturated rings. The maximum atomic E-state index is 12.0. The number of aliphatic imine (C=N–C) groups is 2. The second kappa shape index (κ2) is 14.6. The van der Waals surface area contributed by atoms with Crippen molar-refractivity contribution in [2.24, 2.45) is 21.6 Å². The summed E-state index contributed by atoms with van der Waals surface area (Å²) in [7, 11) is 0. The first-order chi connectivity index (χ1) is 18.0. The lowest BCUT2D eigenvalue weighted by molar-refractivity contribution is -0.274. The van der Waals surface area contributed by atoms with Crippen molar-refractivity contribution in [3.8, 4) is 5.75 Å². The van der Waals surface area contributed by atoms with Crippen LogP contribution in [0.2, 0.25) is 0 Å². The Morgan fingerprint density at radius 3 is 2.24 bits per heavy atom. The minimum atomic E-state index is -4.73. The van der Waals surface area contributed by atoms with Gasteiger partial charge in [-0.05, 0) is 60.7 Å². The van der Waals surface area contributed by atoms with Crippen molar-refractivity contribution in [3.63, 3.8) is 0 Å². The molecule has 6 nitrogen and oxygen atoms in total. The molecule has 0 atom stereocenters. The van der Waals surface area contributed by atoms with E-state index in [1.165, 1.54) is 30.2 Å². The fourth-order valence-electron chi connectivity index (χ4n) is 3.17. The molecule has 38 heavy (non-hydrogen) atoms. The molecule has 0 aliphatic carbocycles. The lowest BCUT2D eigenvalue weighted by Crippen LogP contribution is -2.16. The number of nitrogens with two attached hydrogens (primary N) is 1. The van der Waals surface area contributed by atoms with Gasteiger partial charge in [0.25, 0.3) is 0 Å². The standard InChI is InChI=1S/C16H13F3N4O.C12H17NS/c17-16(18,19)24-14-7-5-13(6-8-14)22-10-23-15(21)12-3-1-11(9-20)2-4-12;1-9(2)8-11-6-4-5-7-12(11)13-10(3)14/h1-10,20H,(H2,21,22,23);4-7,9H,8H2,1-3H3,(H,13,14). The Morgan fingerprint density at radius 2 is 1.68 bits per heavy atom. The molecule has 0 heterocycles. The number of nitrogens with zero attached hydrogens (tertiary/aromatic N) is 2. The number of hydrogen-bond acceptors (Lipinski definition) is 4. The fraction of sp³-hybridized carbons (Fsp3) is 0.214. The van der Waals surface area contributed by atoms with Crippen LogP contribution in [-0.4, -0.2) is 29.7 Å². The Balaban J connectivity index is 0.000000308. The highest BCUT2D eigenvalue weighted by molar-refractivity contribution is 7.80. The van der Waals surface area contributed by atoms with Gasteiger partial charge >= 0.3 is 6.36 Å². The van der Waals surface area contributed by atoms with Gasteiger partial charge in [-0.3, -0.25) is 0 Å². The van der Waals surface area contributed by atoms with Gasteiger partial charge in [0, 0.05) is 17.5 Å². The zero-order valence-electron chi connectivity index (χ0n) is 21.3. The summed E-state index contributed by atoms with van der Waals surface area (Å²) >= 11 is 5.04. The Morgan fingerprint density at radius 1 is 1.05 bits per heavy atom. The number of halogens is 3. The van der Waals surface area contributed by atoms with E-state index in [4.69, 9.17) is 23.4 Å². The van der Waals surface area contributed by atoms with Crippen LogP contribution in [0.3, 0.4) is 0 Å². The monoisotopic (exact) mass is 541 g/mol. The van der Waals surface area contributed by atoms with Gasteiger partial charge in [-0.2, -0.15) is 0 Å². The average molecular weight is 542 g/mol.